The Morgan fingerprint density at radius 1 is 1.20 bits per heavy atom. The Labute approximate surface area is 120 Å². The number of carbonyl (C=O) groups is 2. The molecule has 2 amide bonds. The minimum Gasteiger partial charge on any atom is -0.341 e. The molecule has 1 fully saturated rings. The second kappa shape index (κ2) is 6.07. The number of likely N-dealkylation sites (N-methyl/N-ethyl adjacent to an activating group) is 1. The van der Waals surface area contributed by atoms with Gasteiger partial charge in [0.1, 0.15) is 0 Å². The highest BCUT2D eigenvalue weighted by atomic mass is 16.2. The Bertz CT molecular complexity index is 525. The highest BCUT2D eigenvalue weighted by molar-refractivity contribution is 5.96. The maximum atomic E-state index is 12.6. The summed E-state index contributed by atoms with van der Waals surface area (Å²) in [5.41, 5.74) is 2.90. The molecular weight excluding hydrogens is 252 g/mol. The number of amides is 2. The van der Waals surface area contributed by atoms with E-state index in [4.69, 9.17) is 0 Å². The number of nitrogens with zero attached hydrogens (tertiary/aromatic N) is 2. The van der Waals surface area contributed by atoms with Crippen LogP contribution in [0.25, 0.3) is 0 Å². The molecule has 108 valence electrons. The molecule has 1 saturated heterocycles. The van der Waals surface area contributed by atoms with E-state index in [0.717, 1.165) is 16.7 Å². The summed E-state index contributed by atoms with van der Waals surface area (Å²) >= 11 is 0. The SMILES string of the molecule is CCN1CCN(C(=O)c2cccc(C)c2C)CCC1=O. The fourth-order valence-electron chi connectivity index (χ4n) is 2.56. The minimum atomic E-state index is 0.0388. The molecule has 0 saturated carbocycles. The van der Waals surface area contributed by atoms with E-state index < -0.39 is 0 Å². The molecule has 2 rings (SSSR count). The maximum absolute atomic E-state index is 12.6. The van der Waals surface area contributed by atoms with Crippen molar-refractivity contribution in [1.29, 1.82) is 0 Å². The quantitative estimate of drug-likeness (QED) is 0.827. The van der Waals surface area contributed by atoms with Gasteiger partial charge in [0.05, 0.1) is 0 Å². The van der Waals surface area contributed by atoms with Crippen molar-refractivity contribution in [2.24, 2.45) is 0 Å². The molecule has 1 aromatic carbocycles. The molecule has 0 spiro atoms. The average Bonchev–Trinajstić information content (AvgIpc) is 2.63. The van der Waals surface area contributed by atoms with E-state index in [-0.39, 0.29) is 11.8 Å². The lowest BCUT2D eigenvalue weighted by Gasteiger charge is -2.22. The first-order chi connectivity index (χ1) is 9.54. The van der Waals surface area contributed by atoms with Gasteiger partial charge in [-0.05, 0) is 38.0 Å². The lowest BCUT2D eigenvalue weighted by atomic mass is 10.0. The molecule has 1 aliphatic heterocycles. The average molecular weight is 274 g/mol. The molecule has 0 aromatic heterocycles. The Hall–Kier alpha value is -1.84. The van der Waals surface area contributed by atoms with Gasteiger partial charge in [0.15, 0.2) is 0 Å². The number of aryl methyl sites for hydroxylation is 1. The number of benzene rings is 1. The predicted octanol–water partition coefficient (Wildman–Crippen LogP) is 2.00. The van der Waals surface area contributed by atoms with Crippen LogP contribution in [-0.2, 0) is 4.79 Å². The number of hydrogen-bond donors (Lipinski definition) is 0. The summed E-state index contributed by atoms with van der Waals surface area (Å²) < 4.78 is 0. The Morgan fingerprint density at radius 3 is 2.65 bits per heavy atom. The first-order valence-corrected chi connectivity index (χ1v) is 7.18. The van der Waals surface area contributed by atoms with Gasteiger partial charge in [0.2, 0.25) is 5.91 Å². The van der Waals surface area contributed by atoms with Crippen LogP contribution in [0.4, 0.5) is 0 Å². The van der Waals surface area contributed by atoms with Crippen LogP contribution in [0.3, 0.4) is 0 Å². The second-order valence-electron chi connectivity index (χ2n) is 5.26. The first-order valence-electron chi connectivity index (χ1n) is 7.18. The van der Waals surface area contributed by atoms with Crippen molar-refractivity contribution >= 4 is 11.8 Å². The normalized spacial score (nSPS) is 16.2. The zero-order chi connectivity index (χ0) is 14.7. The topological polar surface area (TPSA) is 40.6 Å². The lowest BCUT2D eigenvalue weighted by Crippen LogP contribution is -2.36. The summed E-state index contributed by atoms with van der Waals surface area (Å²) in [6.45, 7) is 8.43. The first kappa shape index (κ1) is 14.6. The van der Waals surface area contributed by atoms with Crippen molar-refractivity contribution < 1.29 is 9.59 Å². The monoisotopic (exact) mass is 274 g/mol. The van der Waals surface area contributed by atoms with E-state index in [1.165, 1.54) is 0 Å². The third-order valence-electron chi connectivity index (χ3n) is 4.09. The fourth-order valence-corrected chi connectivity index (χ4v) is 2.56. The van der Waals surface area contributed by atoms with Gasteiger partial charge in [-0.1, -0.05) is 12.1 Å². The van der Waals surface area contributed by atoms with Crippen LogP contribution in [0, 0.1) is 13.8 Å². The van der Waals surface area contributed by atoms with Gasteiger partial charge in [-0.3, -0.25) is 9.59 Å². The summed E-state index contributed by atoms with van der Waals surface area (Å²) in [4.78, 5) is 28.1. The molecule has 0 radical (unpaired) electrons. The van der Waals surface area contributed by atoms with Crippen LogP contribution in [0.2, 0.25) is 0 Å². The van der Waals surface area contributed by atoms with Crippen molar-refractivity contribution in [1.82, 2.24) is 9.80 Å². The van der Waals surface area contributed by atoms with Gasteiger partial charge in [-0.25, -0.2) is 0 Å². The maximum Gasteiger partial charge on any atom is 0.254 e. The predicted molar refractivity (Wildman–Crippen MR) is 78.7 cm³/mol. The van der Waals surface area contributed by atoms with E-state index in [0.29, 0.717) is 32.6 Å². The van der Waals surface area contributed by atoms with Crippen LogP contribution in [-0.4, -0.2) is 47.8 Å². The molecule has 0 N–H and O–H groups in total. The molecule has 0 bridgehead atoms. The van der Waals surface area contributed by atoms with Crippen molar-refractivity contribution in [2.75, 3.05) is 26.2 Å². The molecule has 0 atom stereocenters. The van der Waals surface area contributed by atoms with Crippen molar-refractivity contribution in [3.05, 3.63) is 34.9 Å². The molecular formula is C16H22N2O2. The standard InChI is InChI=1S/C16H22N2O2/c1-4-17-10-11-18(9-8-15(17)19)16(20)14-7-5-6-12(2)13(14)3/h5-7H,4,8-11H2,1-3H3. The number of rotatable bonds is 2. The summed E-state index contributed by atoms with van der Waals surface area (Å²) in [6.07, 6.45) is 0.421. The van der Waals surface area contributed by atoms with Gasteiger partial charge in [0.25, 0.3) is 5.91 Å². The Morgan fingerprint density at radius 2 is 1.95 bits per heavy atom. The van der Waals surface area contributed by atoms with E-state index in [1.54, 1.807) is 4.90 Å². The highest BCUT2D eigenvalue weighted by Gasteiger charge is 2.24. The third-order valence-corrected chi connectivity index (χ3v) is 4.09. The summed E-state index contributed by atoms with van der Waals surface area (Å²) in [7, 11) is 0. The third kappa shape index (κ3) is 2.84. The molecule has 1 aromatic rings. The summed E-state index contributed by atoms with van der Waals surface area (Å²) in [6, 6.07) is 5.79. The molecule has 4 heteroatoms. The molecule has 0 aliphatic carbocycles. The van der Waals surface area contributed by atoms with Crippen molar-refractivity contribution in [3.63, 3.8) is 0 Å². The van der Waals surface area contributed by atoms with Gasteiger partial charge in [-0.2, -0.15) is 0 Å². The minimum absolute atomic E-state index is 0.0388. The smallest absolute Gasteiger partial charge is 0.254 e. The van der Waals surface area contributed by atoms with Crippen LogP contribution >= 0.6 is 0 Å². The Kier molecular flexibility index (Phi) is 4.42. The van der Waals surface area contributed by atoms with Gasteiger partial charge in [0, 0.05) is 38.2 Å². The number of hydrogen-bond acceptors (Lipinski definition) is 2. The Balaban J connectivity index is 2.17. The van der Waals surface area contributed by atoms with Crippen LogP contribution in [0.1, 0.15) is 34.8 Å². The lowest BCUT2D eigenvalue weighted by molar-refractivity contribution is -0.130. The van der Waals surface area contributed by atoms with Gasteiger partial charge in [-0.15, -0.1) is 0 Å². The van der Waals surface area contributed by atoms with Gasteiger partial charge >= 0.3 is 0 Å². The number of carbonyl (C=O) groups excluding carboxylic acids is 2. The summed E-state index contributed by atoms with van der Waals surface area (Å²) in [5.74, 6) is 0.181. The van der Waals surface area contributed by atoms with E-state index in [2.05, 4.69) is 0 Å². The van der Waals surface area contributed by atoms with Crippen LogP contribution < -0.4 is 0 Å². The molecule has 0 unspecified atom stereocenters. The summed E-state index contributed by atoms with van der Waals surface area (Å²) in [5, 5.41) is 0. The van der Waals surface area contributed by atoms with Crippen LogP contribution in [0.15, 0.2) is 18.2 Å². The van der Waals surface area contributed by atoms with E-state index in [9.17, 15) is 9.59 Å². The molecule has 20 heavy (non-hydrogen) atoms. The molecule has 4 nitrogen and oxygen atoms in total. The second-order valence-corrected chi connectivity index (χ2v) is 5.26. The van der Waals surface area contributed by atoms with Gasteiger partial charge < -0.3 is 9.80 Å². The van der Waals surface area contributed by atoms with Crippen molar-refractivity contribution in [3.8, 4) is 0 Å². The van der Waals surface area contributed by atoms with Crippen LogP contribution in [0.5, 0.6) is 0 Å². The fraction of sp³-hybridized carbons (Fsp3) is 0.500. The molecule has 1 heterocycles. The van der Waals surface area contributed by atoms with E-state index in [1.807, 2.05) is 43.9 Å². The zero-order valence-electron chi connectivity index (χ0n) is 12.5. The molecule has 1 aliphatic rings. The highest BCUT2D eigenvalue weighted by Crippen LogP contribution is 2.16. The largest absolute Gasteiger partial charge is 0.341 e. The van der Waals surface area contributed by atoms with Crippen molar-refractivity contribution in [2.45, 2.75) is 27.2 Å². The van der Waals surface area contributed by atoms with E-state index >= 15 is 0 Å². The zero-order valence-corrected chi connectivity index (χ0v) is 12.5.